The molecule has 2 N–H and O–H groups in total. The van der Waals surface area contributed by atoms with E-state index in [-0.39, 0.29) is 18.4 Å². The molecule has 0 spiro atoms. The van der Waals surface area contributed by atoms with Gasteiger partial charge in [0.05, 0.1) is 0 Å². The molecule has 0 aromatic rings. The molecular formula is C10H19NO2. The largest absolute Gasteiger partial charge is 0.396 e. The Labute approximate surface area is 79.5 Å². The number of amides is 1. The van der Waals surface area contributed by atoms with Gasteiger partial charge in [-0.3, -0.25) is 4.79 Å². The van der Waals surface area contributed by atoms with E-state index >= 15 is 0 Å². The van der Waals surface area contributed by atoms with Crippen molar-refractivity contribution in [2.24, 2.45) is 11.8 Å². The first-order valence-electron chi connectivity index (χ1n) is 5.04. The topological polar surface area (TPSA) is 49.3 Å². The van der Waals surface area contributed by atoms with Gasteiger partial charge in [-0.15, -0.1) is 0 Å². The molecular weight excluding hydrogens is 166 g/mol. The standard InChI is InChI=1S/C10H19NO2/c1-7(2)10(13)11-9-4-3-8(5-9)6-12/h7-9,12H,3-6H2,1-2H3,(H,11,13)/t8-,9+/m0/s1. The van der Waals surface area contributed by atoms with E-state index in [1.54, 1.807) is 0 Å². The third-order valence-electron chi connectivity index (χ3n) is 2.67. The molecule has 0 aromatic carbocycles. The van der Waals surface area contributed by atoms with Crippen LogP contribution in [0.4, 0.5) is 0 Å². The fraction of sp³-hybridized carbons (Fsp3) is 0.900. The minimum absolute atomic E-state index is 0.0631. The van der Waals surface area contributed by atoms with Crippen LogP contribution in [0.25, 0.3) is 0 Å². The number of carbonyl (C=O) groups is 1. The van der Waals surface area contributed by atoms with Gasteiger partial charge in [0.25, 0.3) is 0 Å². The molecule has 0 radical (unpaired) electrons. The Morgan fingerprint density at radius 2 is 2.23 bits per heavy atom. The third-order valence-corrected chi connectivity index (χ3v) is 2.67. The molecule has 76 valence electrons. The molecule has 3 heteroatoms. The van der Waals surface area contributed by atoms with Crippen molar-refractivity contribution in [2.45, 2.75) is 39.2 Å². The molecule has 13 heavy (non-hydrogen) atoms. The summed E-state index contributed by atoms with van der Waals surface area (Å²) in [6.45, 7) is 4.05. The highest BCUT2D eigenvalue weighted by atomic mass is 16.3. The second kappa shape index (κ2) is 4.61. The predicted molar refractivity (Wildman–Crippen MR) is 51.2 cm³/mol. The zero-order valence-electron chi connectivity index (χ0n) is 8.42. The summed E-state index contributed by atoms with van der Waals surface area (Å²) in [4.78, 5) is 11.3. The maximum Gasteiger partial charge on any atom is 0.222 e. The first-order chi connectivity index (χ1) is 6.13. The van der Waals surface area contributed by atoms with Gasteiger partial charge in [-0.2, -0.15) is 0 Å². The summed E-state index contributed by atoms with van der Waals surface area (Å²) in [5.41, 5.74) is 0. The molecule has 2 atom stereocenters. The number of aliphatic hydroxyl groups is 1. The van der Waals surface area contributed by atoms with Crippen LogP contribution >= 0.6 is 0 Å². The summed E-state index contributed by atoms with van der Waals surface area (Å²) in [6.07, 6.45) is 3.00. The molecule has 1 fully saturated rings. The van der Waals surface area contributed by atoms with Gasteiger partial charge in [0.1, 0.15) is 0 Å². The van der Waals surface area contributed by atoms with Crippen LogP contribution in [0.3, 0.4) is 0 Å². The van der Waals surface area contributed by atoms with E-state index in [9.17, 15) is 4.79 Å². The van der Waals surface area contributed by atoms with Crippen molar-refractivity contribution < 1.29 is 9.90 Å². The highest BCUT2D eigenvalue weighted by Gasteiger charge is 2.25. The maximum atomic E-state index is 11.3. The van der Waals surface area contributed by atoms with Crippen molar-refractivity contribution in [1.29, 1.82) is 0 Å². The van der Waals surface area contributed by atoms with Crippen molar-refractivity contribution in [3.05, 3.63) is 0 Å². The summed E-state index contributed by atoms with van der Waals surface area (Å²) in [7, 11) is 0. The number of hydrogen-bond acceptors (Lipinski definition) is 2. The van der Waals surface area contributed by atoms with E-state index in [0.29, 0.717) is 12.0 Å². The van der Waals surface area contributed by atoms with Gasteiger partial charge >= 0.3 is 0 Å². The quantitative estimate of drug-likeness (QED) is 0.687. The number of nitrogens with one attached hydrogen (secondary N) is 1. The van der Waals surface area contributed by atoms with E-state index in [1.165, 1.54) is 0 Å². The second-order valence-corrected chi connectivity index (χ2v) is 4.22. The number of aliphatic hydroxyl groups excluding tert-OH is 1. The lowest BCUT2D eigenvalue weighted by molar-refractivity contribution is -0.124. The minimum Gasteiger partial charge on any atom is -0.396 e. The zero-order valence-corrected chi connectivity index (χ0v) is 8.42. The van der Waals surface area contributed by atoms with Crippen LogP contribution in [0.5, 0.6) is 0 Å². The number of hydrogen-bond donors (Lipinski definition) is 2. The molecule has 1 saturated carbocycles. The van der Waals surface area contributed by atoms with Crippen molar-refractivity contribution in [1.82, 2.24) is 5.32 Å². The Balaban J connectivity index is 2.28. The lowest BCUT2D eigenvalue weighted by atomic mass is 10.1. The number of rotatable bonds is 3. The van der Waals surface area contributed by atoms with Crippen LogP contribution in [0.2, 0.25) is 0 Å². The third kappa shape index (κ3) is 2.99. The second-order valence-electron chi connectivity index (χ2n) is 4.22. The molecule has 0 aromatic heterocycles. The molecule has 0 aliphatic heterocycles. The van der Waals surface area contributed by atoms with E-state index in [0.717, 1.165) is 19.3 Å². The summed E-state index contributed by atoms with van der Waals surface area (Å²) in [5.74, 6) is 0.592. The molecule has 0 bridgehead atoms. The molecule has 1 rings (SSSR count). The maximum absolute atomic E-state index is 11.3. The van der Waals surface area contributed by atoms with Gasteiger partial charge in [0.15, 0.2) is 0 Å². The van der Waals surface area contributed by atoms with Gasteiger partial charge in [-0.25, -0.2) is 0 Å². The monoisotopic (exact) mass is 185 g/mol. The number of carbonyl (C=O) groups excluding carboxylic acids is 1. The van der Waals surface area contributed by atoms with Crippen LogP contribution in [0.15, 0.2) is 0 Å². The molecule has 1 amide bonds. The van der Waals surface area contributed by atoms with Crippen molar-refractivity contribution in [2.75, 3.05) is 6.61 Å². The highest BCUT2D eigenvalue weighted by Crippen LogP contribution is 2.24. The Kier molecular flexibility index (Phi) is 3.72. The first kappa shape index (κ1) is 10.5. The van der Waals surface area contributed by atoms with Gasteiger partial charge < -0.3 is 10.4 Å². The Morgan fingerprint density at radius 1 is 1.54 bits per heavy atom. The predicted octanol–water partition coefficient (Wildman–Crippen LogP) is 0.920. The van der Waals surface area contributed by atoms with Crippen molar-refractivity contribution >= 4 is 5.91 Å². The lowest BCUT2D eigenvalue weighted by Crippen LogP contribution is -2.35. The van der Waals surface area contributed by atoms with Crippen LogP contribution in [-0.4, -0.2) is 23.7 Å². The lowest BCUT2D eigenvalue weighted by Gasteiger charge is -2.14. The van der Waals surface area contributed by atoms with Gasteiger partial charge in [0, 0.05) is 18.6 Å². The van der Waals surface area contributed by atoms with Gasteiger partial charge in [0.2, 0.25) is 5.91 Å². The molecule has 0 saturated heterocycles. The van der Waals surface area contributed by atoms with Crippen molar-refractivity contribution in [3.63, 3.8) is 0 Å². The van der Waals surface area contributed by atoms with E-state index in [2.05, 4.69) is 5.32 Å². The molecule has 1 aliphatic carbocycles. The van der Waals surface area contributed by atoms with Crippen LogP contribution in [0, 0.1) is 11.8 Å². The molecule has 1 aliphatic rings. The van der Waals surface area contributed by atoms with Gasteiger partial charge in [-0.1, -0.05) is 13.8 Å². The van der Waals surface area contributed by atoms with Crippen LogP contribution in [-0.2, 0) is 4.79 Å². The average molecular weight is 185 g/mol. The summed E-state index contributed by atoms with van der Waals surface area (Å²) >= 11 is 0. The SMILES string of the molecule is CC(C)C(=O)N[C@@H]1CC[C@H](CO)C1. The van der Waals surface area contributed by atoms with Gasteiger partial charge in [-0.05, 0) is 25.2 Å². The molecule has 0 unspecified atom stereocenters. The smallest absolute Gasteiger partial charge is 0.222 e. The summed E-state index contributed by atoms with van der Waals surface area (Å²) in [5, 5.41) is 11.9. The first-order valence-corrected chi connectivity index (χ1v) is 5.04. The fourth-order valence-electron chi connectivity index (χ4n) is 1.74. The Hall–Kier alpha value is -0.570. The molecule has 0 heterocycles. The van der Waals surface area contributed by atoms with Crippen LogP contribution in [0.1, 0.15) is 33.1 Å². The Morgan fingerprint density at radius 3 is 2.69 bits per heavy atom. The van der Waals surface area contributed by atoms with Crippen molar-refractivity contribution in [3.8, 4) is 0 Å². The summed E-state index contributed by atoms with van der Waals surface area (Å²) < 4.78 is 0. The Bertz CT molecular complexity index is 180. The van der Waals surface area contributed by atoms with E-state index < -0.39 is 0 Å². The zero-order chi connectivity index (χ0) is 9.84. The van der Waals surface area contributed by atoms with Crippen LogP contribution < -0.4 is 5.32 Å². The molecule has 3 nitrogen and oxygen atoms in total. The van der Waals surface area contributed by atoms with E-state index in [4.69, 9.17) is 5.11 Å². The highest BCUT2D eigenvalue weighted by molar-refractivity contribution is 5.78. The normalized spacial score (nSPS) is 28.0. The average Bonchev–Trinajstić information content (AvgIpc) is 2.52. The van der Waals surface area contributed by atoms with E-state index in [1.807, 2.05) is 13.8 Å². The minimum atomic E-state index is 0.0631. The summed E-state index contributed by atoms with van der Waals surface area (Å²) in [6, 6.07) is 0.298. The fourth-order valence-corrected chi connectivity index (χ4v) is 1.74.